The first kappa shape index (κ1) is 12.6. The molecule has 1 saturated heterocycles. The fourth-order valence-electron chi connectivity index (χ4n) is 2.22. The van der Waals surface area contributed by atoms with Gasteiger partial charge in [0.15, 0.2) is 0 Å². The van der Waals surface area contributed by atoms with Gasteiger partial charge in [-0.25, -0.2) is 0 Å². The van der Waals surface area contributed by atoms with E-state index in [1.54, 1.807) is 5.56 Å². The van der Waals surface area contributed by atoms with E-state index >= 15 is 0 Å². The zero-order chi connectivity index (χ0) is 11.6. The van der Waals surface area contributed by atoms with Crippen LogP contribution in [0.3, 0.4) is 0 Å². The van der Waals surface area contributed by atoms with Crippen molar-refractivity contribution in [2.75, 3.05) is 11.5 Å². The molecule has 1 aliphatic heterocycles. The summed E-state index contributed by atoms with van der Waals surface area (Å²) < 4.78 is 0.381. The lowest BCUT2D eigenvalue weighted by Gasteiger charge is -2.45. The fourth-order valence-corrected chi connectivity index (χ4v) is 10.1. The predicted octanol–water partition coefficient (Wildman–Crippen LogP) is 4.59. The predicted molar refractivity (Wildman–Crippen MR) is 81.0 cm³/mol. The van der Waals surface area contributed by atoms with Gasteiger partial charge in [0, 0.05) is 0 Å². The highest BCUT2D eigenvalue weighted by molar-refractivity contribution is 8.20. The molecule has 1 fully saturated rings. The highest BCUT2D eigenvalue weighted by Crippen LogP contribution is 2.55. The summed E-state index contributed by atoms with van der Waals surface area (Å²) in [5, 5.41) is 0. The molecule has 16 heavy (non-hydrogen) atoms. The lowest BCUT2D eigenvalue weighted by Crippen LogP contribution is -2.46. The molecule has 88 valence electrons. The van der Waals surface area contributed by atoms with Gasteiger partial charge in [0.2, 0.25) is 0 Å². The zero-order valence-corrected chi connectivity index (χ0v) is 13.0. The van der Waals surface area contributed by atoms with E-state index in [2.05, 4.69) is 73.5 Å². The lowest BCUT2D eigenvalue weighted by molar-refractivity contribution is 1.06. The van der Waals surface area contributed by atoms with E-state index in [-0.39, 0.29) is 0 Å². The number of thioether (sulfide) groups is 2. The maximum Gasteiger partial charge on any atom is 0.0808 e. The van der Waals surface area contributed by atoms with Gasteiger partial charge in [-0.15, -0.1) is 23.5 Å². The number of hydrogen-bond donors (Lipinski definition) is 0. The molecule has 0 saturated carbocycles. The molecular weight excluding hydrogens is 248 g/mol. The monoisotopic (exact) mass is 268 g/mol. The Hall–Kier alpha value is 0.137. The van der Waals surface area contributed by atoms with Crippen molar-refractivity contribution >= 4 is 31.6 Å². The van der Waals surface area contributed by atoms with Crippen LogP contribution >= 0.6 is 23.5 Å². The molecule has 0 unspecified atom stereocenters. The quantitative estimate of drug-likeness (QED) is 0.720. The molecule has 0 aliphatic carbocycles. The minimum Gasteiger partial charge on any atom is -0.143 e. The van der Waals surface area contributed by atoms with Crippen LogP contribution in [-0.2, 0) is 3.70 Å². The van der Waals surface area contributed by atoms with Gasteiger partial charge in [-0.05, 0) is 23.5 Å². The molecule has 2 rings (SSSR count). The van der Waals surface area contributed by atoms with Crippen LogP contribution < -0.4 is 0 Å². The van der Waals surface area contributed by atoms with E-state index in [0.29, 0.717) is 3.70 Å². The molecule has 1 aliphatic rings. The fraction of sp³-hybridized carbons (Fsp3) is 0.538. The Morgan fingerprint density at radius 1 is 1.00 bits per heavy atom. The second-order valence-corrected chi connectivity index (χ2v) is 14.1. The van der Waals surface area contributed by atoms with Crippen LogP contribution in [0.25, 0.3) is 0 Å². The second-order valence-electron chi connectivity index (χ2n) is 5.28. The van der Waals surface area contributed by atoms with E-state index in [9.17, 15) is 0 Å². The summed E-state index contributed by atoms with van der Waals surface area (Å²) >= 11 is 4.39. The molecule has 0 aromatic heterocycles. The summed E-state index contributed by atoms with van der Waals surface area (Å²) in [6, 6.07) is 11.1. The van der Waals surface area contributed by atoms with Crippen molar-refractivity contribution in [2.24, 2.45) is 0 Å². The smallest absolute Gasteiger partial charge is 0.0808 e. The molecule has 0 spiro atoms. The topological polar surface area (TPSA) is 0 Å². The summed E-state index contributed by atoms with van der Waals surface area (Å²) in [6.45, 7) is 7.52. The Bertz CT molecular complexity index is 337. The Morgan fingerprint density at radius 3 is 2.06 bits per heavy atom. The molecule has 0 nitrogen and oxygen atoms in total. The van der Waals surface area contributed by atoms with Crippen molar-refractivity contribution in [1.82, 2.24) is 0 Å². The standard InChI is InChI=1S/C13H20S2Si/c1-16(2,3)13(14-10-7-11-15-13)12-8-5-4-6-9-12/h4-6,8-9H,7,10-11H2,1-3H3. The van der Waals surface area contributed by atoms with Crippen molar-refractivity contribution in [1.29, 1.82) is 0 Å². The third-order valence-electron chi connectivity index (χ3n) is 3.04. The Balaban J connectivity index is 2.42. The first-order valence-electron chi connectivity index (χ1n) is 5.90. The highest BCUT2D eigenvalue weighted by Gasteiger charge is 2.46. The number of hydrogen-bond acceptors (Lipinski definition) is 2. The van der Waals surface area contributed by atoms with Crippen LogP contribution in [0.4, 0.5) is 0 Å². The van der Waals surface area contributed by atoms with Crippen molar-refractivity contribution in [3.05, 3.63) is 35.9 Å². The third-order valence-corrected chi connectivity index (χ3v) is 12.8. The molecular formula is C13H20S2Si. The SMILES string of the molecule is C[Si](C)(C)C1(c2ccccc2)SCCCS1. The van der Waals surface area contributed by atoms with Gasteiger partial charge in [-0.1, -0.05) is 50.0 Å². The molecule has 0 bridgehead atoms. The summed E-state index contributed by atoms with van der Waals surface area (Å²) in [5.74, 6) is 2.65. The van der Waals surface area contributed by atoms with Crippen LogP contribution in [0.15, 0.2) is 30.3 Å². The second kappa shape index (κ2) is 4.79. The molecule has 0 radical (unpaired) electrons. The van der Waals surface area contributed by atoms with E-state index in [0.717, 1.165) is 0 Å². The zero-order valence-electron chi connectivity index (χ0n) is 10.3. The Labute approximate surface area is 109 Å². The van der Waals surface area contributed by atoms with Gasteiger partial charge in [0.25, 0.3) is 0 Å². The molecule has 0 amide bonds. The minimum atomic E-state index is -1.22. The van der Waals surface area contributed by atoms with Gasteiger partial charge in [0.1, 0.15) is 0 Å². The van der Waals surface area contributed by atoms with Crippen LogP contribution in [0, 0.1) is 0 Å². The van der Waals surface area contributed by atoms with Gasteiger partial charge >= 0.3 is 0 Å². The summed E-state index contributed by atoms with van der Waals surface area (Å²) in [4.78, 5) is 0. The highest BCUT2D eigenvalue weighted by atomic mass is 32.2. The number of rotatable bonds is 2. The maximum atomic E-state index is 2.51. The molecule has 0 atom stereocenters. The largest absolute Gasteiger partial charge is 0.143 e. The average Bonchev–Trinajstić information content (AvgIpc) is 2.30. The van der Waals surface area contributed by atoms with E-state index < -0.39 is 8.07 Å². The van der Waals surface area contributed by atoms with Crippen LogP contribution in [0.5, 0.6) is 0 Å². The molecule has 0 N–H and O–H groups in total. The third kappa shape index (κ3) is 2.22. The first-order chi connectivity index (χ1) is 7.56. The van der Waals surface area contributed by atoms with Crippen molar-refractivity contribution in [2.45, 2.75) is 29.8 Å². The van der Waals surface area contributed by atoms with E-state index in [1.807, 2.05) is 0 Å². The normalized spacial score (nSPS) is 20.7. The summed E-state index contributed by atoms with van der Waals surface area (Å²) in [7, 11) is -1.22. The van der Waals surface area contributed by atoms with Gasteiger partial charge < -0.3 is 0 Å². The number of benzene rings is 1. The van der Waals surface area contributed by atoms with Crippen molar-refractivity contribution in [3.63, 3.8) is 0 Å². The van der Waals surface area contributed by atoms with Gasteiger partial charge in [-0.3, -0.25) is 0 Å². The van der Waals surface area contributed by atoms with Crippen LogP contribution in [-0.4, -0.2) is 19.6 Å². The van der Waals surface area contributed by atoms with Gasteiger partial charge in [0.05, 0.1) is 11.8 Å². The summed E-state index contributed by atoms with van der Waals surface area (Å²) in [6.07, 6.45) is 1.37. The Kier molecular flexibility index (Phi) is 3.77. The van der Waals surface area contributed by atoms with Crippen molar-refractivity contribution < 1.29 is 0 Å². The molecule has 1 aromatic rings. The lowest BCUT2D eigenvalue weighted by atomic mass is 10.2. The van der Waals surface area contributed by atoms with Crippen molar-refractivity contribution in [3.8, 4) is 0 Å². The first-order valence-corrected chi connectivity index (χ1v) is 11.4. The Morgan fingerprint density at radius 2 is 1.56 bits per heavy atom. The maximum absolute atomic E-state index is 2.51. The van der Waals surface area contributed by atoms with Crippen LogP contribution in [0.1, 0.15) is 12.0 Å². The van der Waals surface area contributed by atoms with E-state index in [1.165, 1.54) is 17.9 Å². The molecule has 1 aromatic carbocycles. The minimum absolute atomic E-state index is 0.381. The van der Waals surface area contributed by atoms with Gasteiger partial charge in [-0.2, -0.15) is 0 Å². The van der Waals surface area contributed by atoms with E-state index in [4.69, 9.17) is 0 Å². The van der Waals surface area contributed by atoms with Crippen LogP contribution in [0.2, 0.25) is 19.6 Å². The summed E-state index contributed by atoms with van der Waals surface area (Å²) in [5.41, 5.74) is 1.55. The average molecular weight is 269 g/mol. The molecule has 3 heteroatoms. The molecule has 1 heterocycles.